The van der Waals surface area contributed by atoms with E-state index in [1.807, 2.05) is 0 Å². The molecule has 3 nitrogen and oxygen atoms in total. The summed E-state index contributed by atoms with van der Waals surface area (Å²) in [4.78, 5) is 10.7. The summed E-state index contributed by atoms with van der Waals surface area (Å²) >= 11 is 0. The first kappa shape index (κ1) is 7.60. The summed E-state index contributed by atoms with van der Waals surface area (Å²) in [7, 11) is 0. The lowest BCUT2D eigenvalue weighted by molar-refractivity contribution is -0.143. The fourth-order valence-corrected chi connectivity index (χ4v) is 2.82. The van der Waals surface area contributed by atoms with Crippen molar-refractivity contribution in [3.05, 3.63) is 0 Å². The summed E-state index contributed by atoms with van der Waals surface area (Å²) in [6, 6.07) is 2.25. The number of nitrogens with zero attached hydrogens (tertiary/aromatic N) is 1. The van der Waals surface area contributed by atoms with Crippen molar-refractivity contribution in [2.45, 2.75) is 19.3 Å². The molecule has 0 heterocycles. The van der Waals surface area contributed by atoms with E-state index in [2.05, 4.69) is 6.07 Å². The van der Waals surface area contributed by atoms with Gasteiger partial charge in [0, 0.05) is 0 Å². The lowest BCUT2D eigenvalue weighted by Gasteiger charge is -2.16. The van der Waals surface area contributed by atoms with Crippen LogP contribution in [-0.4, -0.2) is 11.1 Å². The maximum Gasteiger partial charge on any atom is 0.306 e. The molecule has 2 aliphatic rings. The van der Waals surface area contributed by atoms with Crippen LogP contribution in [0.2, 0.25) is 0 Å². The minimum atomic E-state index is -0.706. The molecule has 4 atom stereocenters. The SMILES string of the molecule is N#C[C@H]1[C@@H]2CC[C@H]1[C@@H](C(=O)O)C2. The van der Waals surface area contributed by atoms with E-state index >= 15 is 0 Å². The van der Waals surface area contributed by atoms with Crippen LogP contribution in [0.5, 0.6) is 0 Å². The van der Waals surface area contributed by atoms with Crippen LogP contribution in [0.3, 0.4) is 0 Å². The summed E-state index contributed by atoms with van der Waals surface area (Å²) in [5.41, 5.74) is 0. The third kappa shape index (κ3) is 0.842. The maximum absolute atomic E-state index is 10.7. The van der Waals surface area contributed by atoms with Crippen LogP contribution in [0.15, 0.2) is 0 Å². The number of rotatable bonds is 1. The smallest absolute Gasteiger partial charge is 0.306 e. The lowest BCUT2D eigenvalue weighted by atomic mass is 9.88. The zero-order chi connectivity index (χ0) is 8.72. The first-order valence-electron chi connectivity index (χ1n) is 4.36. The monoisotopic (exact) mass is 165 g/mol. The number of carboxylic acids is 1. The summed E-state index contributed by atoms with van der Waals surface area (Å²) in [6.07, 6.45) is 2.74. The van der Waals surface area contributed by atoms with Crippen molar-refractivity contribution in [2.24, 2.45) is 23.7 Å². The van der Waals surface area contributed by atoms with Gasteiger partial charge in [0.15, 0.2) is 0 Å². The van der Waals surface area contributed by atoms with Crippen LogP contribution in [0.25, 0.3) is 0 Å². The van der Waals surface area contributed by atoms with Gasteiger partial charge in [-0.25, -0.2) is 0 Å². The Bertz CT molecular complexity index is 256. The molecule has 0 saturated heterocycles. The van der Waals surface area contributed by atoms with Gasteiger partial charge in [-0.2, -0.15) is 5.26 Å². The van der Waals surface area contributed by atoms with Crippen molar-refractivity contribution in [3.63, 3.8) is 0 Å². The van der Waals surface area contributed by atoms with E-state index in [-0.39, 0.29) is 17.8 Å². The van der Waals surface area contributed by atoms with Crippen LogP contribution in [0.4, 0.5) is 0 Å². The summed E-state index contributed by atoms with van der Waals surface area (Å²) in [5, 5.41) is 17.6. The van der Waals surface area contributed by atoms with Gasteiger partial charge < -0.3 is 5.11 Å². The highest BCUT2D eigenvalue weighted by Gasteiger charge is 2.50. The molecule has 0 amide bonds. The molecule has 2 saturated carbocycles. The molecular formula is C9H11NO2. The highest BCUT2D eigenvalue weighted by atomic mass is 16.4. The molecule has 0 aromatic rings. The molecule has 2 bridgehead atoms. The van der Waals surface area contributed by atoms with Gasteiger partial charge in [-0.05, 0) is 31.1 Å². The van der Waals surface area contributed by atoms with E-state index in [1.54, 1.807) is 0 Å². The van der Waals surface area contributed by atoms with E-state index < -0.39 is 5.97 Å². The first-order chi connectivity index (χ1) is 5.74. The molecule has 2 rings (SSSR count). The molecule has 1 N–H and O–H groups in total. The van der Waals surface area contributed by atoms with Gasteiger partial charge in [-0.15, -0.1) is 0 Å². The van der Waals surface area contributed by atoms with Crippen molar-refractivity contribution in [3.8, 4) is 6.07 Å². The molecule has 64 valence electrons. The lowest BCUT2D eigenvalue weighted by Crippen LogP contribution is -2.21. The van der Waals surface area contributed by atoms with E-state index in [0.717, 1.165) is 19.3 Å². The van der Waals surface area contributed by atoms with Crippen molar-refractivity contribution >= 4 is 5.97 Å². The van der Waals surface area contributed by atoms with Gasteiger partial charge in [0.1, 0.15) is 0 Å². The second kappa shape index (κ2) is 2.48. The van der Waals surface area contributed by atoms with Crippen molar-refractivity contribution in [1.82, 2.24) is 0 Å². The average molecular weight is 165 g/mol. The van der Waals surface area contributed by atoms with Gasteiger partial charge in [-0.3, -0.25) is 4.79 Å². The topological polar surface area (TPSA) is 61.1 Å². The third-order valence-electron chi connectivity index (χ3n) is 3.38. The Morgan fingerprint density at radius 3 is 2.67 bits per heavy atom. The highest BCUT2D eigenvalue weighted by Crippen LogP contribution is 2.52. The molecular weight excluding hydrogens is 154 g/mol. The molecule has 12 heavy (non-hydrogen) atoms. The molecule has 0 aromatic heterocycles. The molecule has 0 unspecified atom stereocenters. The third-order valence-corrected chi connectivity index (χ3v) is 3.38. The number of nitriles is 1. The van der Waals surface area contributed by atoms with Crippen LogP contribution in [0.1, 0.15) is 19.3 Å². The summed E-state index contributed by atoms with van der Waals surface area (Å²) < 4.78 is 0. The Balaban J connectivity index is 2.19. The van der Waals surface area contributed by atoms with Crippen molar-refractivity contribution in [1.29, 1.82) is 5.26 Å². The second-order valence-electron chi connectivity index (χ2n) is 3.84. The number of carbonyl (C=O) groups is 1. The van der Waals surface area contributed by atoms with Crippen LogP contribution < -0.4 is 0 Å². The summed E-state index contributed by atoms with van der Waals surface area (Å²) in [5.74, 6) is -0.374. The predicted molar refractivity (Wildman–Crippen MR) is 41.1 cm³/mol. The number of hydrogen-bond donors (Lipinski definition) is 1. The minimum Gasteiger partial charge on any atom is -0.481 e. The molecule has 0 aliphatic heterocycles. The molecule has 2 aliphatic carbocycles. The van der Waals surface area contributed by atoms with E-state index in [9.17, 15) is 4.79 Å². The first-order valence-corrected chi connectivity index (χ1v) is 4.36. The van der Waals surface area contributed by atoms with E-state index in [0.29, 0.717) is 5.92 Å². The van der Waals surface area contributed by atoms with Crippen molar-refractivity contribution < 1.29 is 9.90 Å². The zero-order valence-electron chi connectivity index (χ0n) is 6.73. The Hall–Kier alpha value is -1.04. The van der Waals surface area contributed by atoms with E-state index in [4.69, 9.17) is 10.4 Å². The van der Waals surface area contributed by atoms with Crippen LogP contribution in [0, 0.1) is 35.0 Å². The number of hydrogen-bond acceptors (Lipinski definition) is 2. The Kier molecular flexibility index (Phi) is 1.57. The predicted octanol–water partition coefficient (Wildman–Crippen LogP) is 1.26. The highest BCUT2D eigenvalue weighted by molar-refractivity contribution is 5.71. The van der Waals surface area contributed by atoms with Gasteiger partial charge >= 0.3 is 5.97 Å². The number of fused-ring (bicyclic) bond motifs is 2. The second-order valence-corrected chi connectivity index (χ2v) is 3.84. The fourth-order valence-electron chi connectivity index (χ4n) is 2.82. The Labute approximate surface area is 71.0 Å². The van der Waals surface area contributed by atoms with Gasteiger partial charge in [-0.1, -0.05) is 0 Å². The number of carboxylic acid groups (broad SMARTS) is 1. The number of aliphatic carboxylic acids is 1. The summed E-state index contributed by atoms with van der Waals surface area (Å²) in [6.45, 7) is 0. The molecule has 0 aromatic carbocycles. The average Bonchev–Trinajstić information content (AvgIpc) is 2.59. The molecule has 3 heteroatoms. The fraction of sp³-hybridized carbons (Fsp3) is 0.778. The van der Waals surface area contributed by atoms with Crippen molar-refractivity contribution in [2.75, 3.05) is 0 Å². The normalized spacial score (nSPS) is 44.2. The molecule has 2 fully saturated rings. The van der Waals surface area contributed by atoms with Crippen LogP contribution in [-0.2, 0) is 4.79 Å². The Morgan fingerprint density at radius 2 is 2.25 bits per heavy atom. The standard InChI is InChI=1S/C9H11NO2/c10-4-8-5-1-2-6(8)7(3-5)9(11)12/h5-8H,1-3H2,(H,11,12)/t5-,6+,7+,8+/m1/s1. The van der Waals surface area contributed by atoms with E-state index in [1.165, 1.54) is 0 Å². The largest absolute Gasteiger partial charge is 0.481 e. The minimum absolute atomic E-state index is 0.0334. The molecule has 0 spiro atoms. The quantitative estimate of drug-likeness (QED) is 0.636. The maximum atomic E-state index is 10.7. The Morgan fingerprint density at radius 1 is 1.50 bits per heavy atom. The van der Waals surface area contributed by atoms with Crippen LogP contribution >= 0.6 is 0 Å². The van der Waals surface area contributed by atoms with Gasteiger partial charge in [0.2, 0.25) is 0 Å². The van der Waals surface area contributed by atoms with Gasteiger partial charge in [0.25, 0.3) is 0 Å². The molecule has 0 radical (unpaired) electrons. The zero-order valence-corrected chi connectivity index (χ0v) is 6.73. The van der Waals surface area contributed by atoms with Gasteiger partial charge in [0.05, 0.1) is 17.9 Å².